The highest BCUT2D eigenvalue weighted by Gasteiger charge is 2.34. The molecule has 0 N–H and O–H groups in total. The van der Waals surface area contributed by atoms with Crippen LogP contribution in [-0.2, 0) is 28.7 Å². The molecule has 0 aliphatic carbocycles. The maximum Gasteiger partial charge on any atom is 0.416 e. The lowest BCUT2D eigenvalue weighted by Gasteiger charge is -2.13. The number of esters is 1. The van der Waals surface area contributed by atoms with Gasteiger partial charge in [0.2, 0.25) is 0 Å². The highest BCUT2D eigenvalue weighted by Crippen LogP contribution is 2.33. The van der Waals surface area contributed by atoms with Gasteiger partial charge in [-0.1, -0.05) is 36.4 Å². The van der Waals surface area contributed by atoms with E-state index in [1.807, 2.05) is 6.07 Å². The van der Waals surface area contributed by atoms with Gasteiger partial charge < -0.3 is 4.74 Å². The van der Waals surface area contributed by atoms with Gasteiger partial charge in [-0.25, -0.2) is 0 Å². The fourth-order valence-corrected chi connectivity index (χ4v) is 2.40. The molecule has 0 saturated carbocycles. The van der Waals surface area contributed by atoms with E-state index in [0.29, 0.717) is 3.57 Å². The first-order chi connectivity index (χ1) is 10.4. The minimum Gasteiger partial charge on any atom is -0.461 e. The molecule has 0 heterocycles. The largest absolute Gasteiger partial charge is 0.461 e. The number of carbonyl (C=O) groups excluding carboxylic acids is 1. The van der Waals surface area contributed by atoms with Crippen molar-refractivity contribution in [3.8, 4) is 0 Å². The van der Waals surface area contributed by atoms with Crippen molar-refractivity contribution in [1.29, 1.82) is 0 Å². The Bertz CT molecular complexity index is 654. The molecule has 0 aliphatic rings. The van der Waals surface area contributed by atoms with E-state index in [1.165, 1.54) is 12.1 Å². The van der Waals surface area contributed by atoms with Crippen molar-refractivity contribution in [1.82, 2.24) is 0 Å². The Kier molecular flexibility index (Phi) is 5.44. The number of hydrogen-bond acceptors (Lipinski definition) is 2. The average Bonchev–Trinajstić information content (AvgIpc) is 2.47. The van der Waals surface area contributed by atoms with Gasteiger partial charge in [0.05, 0.1) is 12.0 Å². The normalized spacial score (nSPS) is 11.3. The fraction of sp³-hybridized carbons (Fsp3) is 0.188. The quantitative estimate of drug-likeness (QED) is 0.534. The zero-order chi connectivity index (χ0) is 16.2. The summed E-state index contributed by atoms with van der Waals surface area (Å²) in [7, 11) is 0. The minimum absolute atomic E-state index is 0.0470. The summed E-state index contributed by atoms with van der Waals surface area (Å²) in [6.07, 6.45) is -4.89. The number of carbonyl (C=O) groups is 1. The SMILES string of the molecule is O=C(Cc1ccc(I)cc1C(F)(F)F)OCc1ccccc1. The van der Waals surface area contributed by atoms with Crippen molar-refractivity contribution in [3.63, 3.8) is 0 Å². The number of benzene rings is 2. The molecular formula is C16H12F3IO2. The molecule has 0 aliphatic heterocycles. The van der Waals surface area contributed by atoms with Crippen LogP contribution in [0, 0.1) is 3.57 Å². The third-order valence-corrected chi connectivity index (χ3v) is 3.63. The Balaban J connectivity index is 2.06. The van der Waals surface area contributed by atoms with Crippen molar-refractivity contribution in [2.75, 3.05) is 0 Å². The average molecular weight is 420 g/mol. The van der Waals surface area contributed by atoms with Crippen LogP contribution in [0.15, 0.2) is 48.5 Å². The number of alkyl halides is 3. The van der Waals surface area contributed by atoms with Crippen LogP contribution in [0.3, 0.4) is 0 Å². The maximum atomic E-state index is 13.0. The lowest BCUT2D eigenvalue weighted by Crippen LogP contribution is -2.14. The maximum absolute atomic E-state index is 13.0. The predicted molar refractivity (Wildman–Crippen MR) is 84.1 cm³/mol. The highest BCUT2D eigenvalue weighted by molar-refractivity contribution is 14.1. The van der Waals surface area contributed by atoms with Crippen molar-refractivity contribution in [2.45, 2.75) is 19.2 Å². The van der Waals surface area contributed by atoms with E-state index in [4.69, 9.17) is 4.74 Å². The topological polar surface area (TPSA) is 26.3 Å². The van der Waals surface area contributed by atoms with Crippen molar-refractivity contribution >= 4 is 28.6 Å². The number of halogens is 4. The second kappa shape index (κ2) is 7.13. The Hall–Kier alpha value is -1.57. The third kappa shape index (κ3) is 4.72. The van der Waals surface area contributed by atoms with Gasteiger partial charge in [0.15, 0.2) is 0 Å². The Morgan fingerprint density at radius 3 is 2.41 bits per heavy atom. The number of hydrogen-bond donors (Lipinski definition) is 0. The smallest absolute Gasteiger partial charge is 0.416 e. The van der Waals surface area contributed by atoms with Crippen molar-refractivity contribution < 1.29 is 22.7 Å². The van der Waals surface area contributed by atoms with Gasteiger partial charge in [0.25, 0.3) is 0 Å². The van der Waals surface area contributed by atoms with Crippen LogP contribution in [0.1, 0.15) is 16.7 Å². The summed E-state index contributed by atoms with van der Waals surface area (Å²) in [5.41, 5.74) is -0.0865. The van der Waals surface area contributed by atoms with Crippen LogP contribution in [0.4, 0.5) is 13.2 Å². The van der Waals surface area contributed by atoms with Crippen LogP contribution in [0.5, 0.6) is 0 Å². The summed E-state index contributed by atoms with van der Waals surface area (Å²) < 4.78 is 44.4. The molecule has 2 aromatic rings. The zero-order valence-corrected chi connectivity index (χ0v) is 13.5. The Labute approximate surface area is 139 Å². The summed E-state index contributed by atoms with van der Waals surface area (Å²) >= 11 is 1.80. The summed E-state index contributed by atoms with van der Waals surface area (Å²) in [6.45, 7) is 0.0470. The van der Waals surface area contributed by atoms with Crippen LogP contribution in [-0.4, -0.2) is 5.97 Å². The Morgan fingerprint density at radius 1 is 1.09 bits per heavy atom. The van der Waals surface area contributed by atoms with E-state index in [2.05, 4.69) is 0 Å². The molecule has 2 aromatic carbocycles. The molecule has 0 unspecified atom stereocenters. The number of rotatable bonds is 4. The standard InChI is InChI=1S/C16H12F3IO2/c17-16(18,19)14-9-13(20)7-6-12(14)8-15(21)22-10-11-4-2-1-3-5-11/h1-7,9H,8,10H2. The molecule has 0 bridgehead atoms. The van der Waals surface area contributed by atoms with Crippen LogP contribution in [0.25, 0.3) is 0 Å². The third-order valence-electron chi connectivity index (χ3n) is 2.95. The first kappa shape index (κ1) is 16.8. The predicted octanol–water partition coefficient (Wildman–Crippen LogP) is 4.60. The molecule has 0 saturated heterocycles. The summed E-state index contributed by atoms with van der Waals surface area (Å²) in [5.74, 6) is -0.685. The van der Waals surface area contributed by atoms with Crippen LogP contribution >= 0.6 is 22.6 Å². The first-order valence-electron chi connectivity index (χ1n) is 6.41. The van der Waals surface area contributed by atoms with Crippen LogP contribution < -0.4 is 0 Å². The van der Waals surface area contributed by atoms with Crippen molar-refractivity contribution in [2.24, 2.45) is 0 Å². The van der Waals surface area contributed by atoms with Crippen LogP contribution in [0.2, 0.25) is 0 Å². The molecule has 0 atom stereocenters. The first-order valence-corrected chi connectivity index (χ1v) is 7.49. The lowest BCUT2D eigenvalue weighted by atomic mass is 10.0. The zero-order valence-electron chi connectivity index (χ0n) is 11.4. The molecule has 0 spiro atoms. The molecule has 2 rings (SSSR count). The molecule has 0 radical (unpaired) electrons. The van der Waals surface area contributed by atoms with Gasteiger partial charge in [-0.05, 0) is 45.9 Å². The summed E-state index contributed by atoms with van der Waals surface area (Å²) in [5, 5.41) is 0. The van der Waals surface area contributed by atoms with Gasteiger partial charge >= 0.3 is 12.1 Å². The van der Waals surface area contributed by atoms with E-state index in [1.54, 1.807) is 46.9 Å². The van der Waals surface area contributed by atoms with E-state index in [9.17, 15) is 18.0 Å². The number of ether oxygens (including phenoxy) is 1. The van der Waals surface area contributed by atoms with Gasteiger partial charge in [0, 0.05) is 3.57 Å². The molecule has 0 aromatic heterocycles. The van der Waals surface area contributed by atoms with Gasteiger partial charge in [-0.3, -0.25) is 4.79 Å². The second-order valence-electron chi connectivity index (χ2n) is 4.62. The van der Waals surface area contributed by atoms with Gasteiger partial charge in [0.1, 0.15) is 6.61 Å². The van der Waals surface area contributed by atoms with Gasteiger partial charge in [-0.2, -0.15) is 13.2 Å². The summed E-state index contributed by atoms with van der Waals surface area (Å²) in [6, 6.07) is 12.9. The van der Waals surface area contributed by atoms with Gasteiger partial charge in [-0.15, -0.1) is 0 Å². The second-order valence-corrected chi connectivity index (χ2v) is 5.87. The van der Waals surface area contributed by atoms with E-state index in [0.717, 1.165) is 11.6 Å². The lowest BCUT2D eigenvalue weighted by molar-refractivity contribution is -0.145. The molecule has 116 valence electrons. The van der Waals surface area contributed by atoms with E-state index >= 15 is 0 Å². The fourth-order valence-electron chi connectivity index (χ4n) is 1.91. The molecule has 0 amide bonds. The van der Waals surface area contributed by atoms with E-state index in [-0.39, 0.29) is 12.2 Å². The molecule has 22 heavy (non-hydrogen) atoms. The van der Waals surface area contributed by atoms with E-state index < -0.39 is 24.1 Å². The molecular weight excluding hydrogens is 408 g/mol. The summed E-state index contributed by atoms with van der Waals surface area (Å²) in [4.78, 5) is 11.8. The molecule has 2 nitrogen and oxygen atoms in total. The highest BCUT2D eigenvalue weighted by atomic mass is 127. The van der Waals surface area contributed by atoms with Crippen molar-refractivity contribution in [3.05, 3.63) is 68.8 Å². The molecule has 6 heteroatoms. The minimum atomic E-state index is -4.49. The monoisotopic (exact) mass is 420 g/mol. The molecule has 0 fully saturated rings. The Morgan fingerprint density at radius 2 is 1.77 bits per heavy atom.